The molecule has 7 heteroatoms. The highest BCUT2D eigenvalue weighted by molar-refractivity contribution is 5.96. The molecule has 1 aliphatic rings. The molecule has 0 aromatic carbocycles. The number of carbonyl (C=O) groups is 1. The predicted octanol–water partition coefficient (Wildman–Crippen LogP) is 2.25. The molecule has 1 amide bonds. The van der Waals surface area contributed by atoms with E-state index in [2.05, 4.69) is 17.4 Å². The van der Waals surface area contributed by atoms with Gasteiger partial charge in [-0.3, -0.25) is 9.36 Å². The Kier molecular flexibility index (Phi) is 5.16. The molecule has 0 bridgehead atoms. The maximum absolute atomic E-state index is 12.9. The molecule has 1 saturated heterocycles. The molecule has 6 nitrogen and oxygen atoms in total. The van der Waals surface area contributed by atoms with Crippen LogP contribution in [0.5, 0.6) is 0 Å². The monoisotopic (exact) mass is 338 g/mol. The molecule has 126 valence electrons. The van der Waals surface area contributed by atoms with Crippen molar-refractivity contribution in [2.45, 2.75) is 33.7 Å². The Hall–Kier alpha value is -1.79. The summed E-state index contributed by atoms with van der Waals surface area (Å²) < 4.78 is 7.13. The van der Waals surface area contributed by atoms with Crippen LogP contribution in [0.3, 0.4) is 0 Å². The molecule has 3 rings (SSSR count). The molecule has 23 heavy (non-hydrogen) atoms. The lowest BCUT2D eigenvalue weighted by Crippen LogP contribution is -2.52. The van der Waals surface area contributed by atoms with Crippen LogP contribution < -0.4 is 5.32 Å². The molecule has 0 saturated carbocycles. The van der Waals surface area contributed by atoms with Gasteiger partial charge in [0.05, 0.1) is 5.56 Å². The average Bonchev–Trinajstić information content (AvgIpc) is 3.02. The summed E-state index contributed by atoms with van der Waals surface area (Å²) in [5.41, 5.74) is 2.63. The second kappa shape index (κ2) is 6.76. The number of rotatable bonds is 2. The molecule has 0 unspecified atom stereocenters. The first-order valence-electron chi connectivity index (χ1n) is 7.63. The van der Waals surface area contributed by atoms with Crippen LogP contribution in [-0.4, -0.2) is 46.2 Å². The number of amides is 1. The van der Waals surface area contributed by atoms with Crippen LogP contribution in [0.1, 0.15) is 34.4 Å². The van der Waals surface area contributed by atoms with Gasteiger partial charge in [0, 0.05) is 43.1 Å². The third-order valence-electron chi connectivity index (χ3n) is 4.27. The van der Waals surface area contributed by atoms with Gasteiger partial charge in [0.25, 0.3) is 5.91 Å². The first kappa shape index (κ1) is 17.6. The predicted molar refractivity (Wildman–Crippen MR) is 90.7 cm³/mol. The topological polar surface area (TPSA) is 63.3 Å². The zero-order valence-electron chi connectivity index (χ0n) is 13.9. The van der Waals surface area contributed by atoms with Crippen LogP contribution >= 0.6 is 12.4 Å². The number of hydrogen-bond acceptors (Lipinski definition) is 4. The third kappa shape index (κ3) is 3.14. The first-order valence-corrected chi connectivity index (χ1v) is 7.63. The Labute approximate surface area is 142 Å². The molecular weight excluding hydrogens is 316 g/mol. The Morgan fingerprint density at radius 2 is 2.09 bits per heavy atom. The van der Waals surface area contributed by atoms with E-state index in [0.29, 0.717) is 0 Å². The molecule has 3 heterocycles. The van der Waals surface area contributed by atoms with Crippen molar-refractivity contribution in [2.24, 2.45) is 0 Å². The van der Waals surface area contributed by atoms with E-state index >= 15 is 0 Å². The highest BCUT2D eigenvalue weighted by atomic mass is 35.5. The maximum atomic E-state index is 12.9. The Morgan fingerprint density at radius 3 is 2.70 bits per heavy atom. The number of aromatic nitrogens is 2. The van der Waals surface area contributed by atoms with E-state index < -0.39 is 0 Å². The standard InChI is InChI=1S/C16H22N4O2.ClH/c1-10-7-14(16(21)19-6-5-17-9-11(19)2)13(4)20(10)15-8-12(3)22-18-15;/h7-8,11,17H,5-6,9H2,1-4H3;1H/t11-;/m1./s1. The third-order valence-corrected chi connectivity index (χ3v) is 4.27. The van der Waals surface area contributed by atoms with Gasteiger partial charge in [-0.05, 0) is 33.8 Å². The highest BCUT2D eigenvalue weighted by Crippen LogP contribution is 2.22. The van der Waals surface area contributed by atoms with Crippen LogP contribution in [0.15, 0.2) is 16.7 Å². The van der Waals surface area contributed by atoms with Crippen LogP contribution in [-0.2, 0) is 0 Å². The first-order chi connectivity index (χ1) is 10.5. The summed E-state index contributed by atoms with van der Waals surface area (Å²) in [6.45, 7) is 10.3. The summed E-state index contributed by atoms with van der Waals surface area (Å²) in [7, 11) is 0. The van der Waals surface area contributed by atoms with Crippen molar-refractivity contribution in [3.8, 4) is 5.82 Å². The van der Waals surface area contributed by atoms with E-state index in [1.54, 1.807) is 0 Å². The van der Waals surface area contributed by atoms with Gasteiger partial charge in [0.2, 0.25) is 0 Å². The van der Waals surface area contributed by atoms with E-state index in [9.17, 15) is 4.79 Å². The minimum absolute atomic E-state index is 0. The lowest BCUT2D eigenvalue weighted by Gasteiger charge is -2.34. The Bertz CT molecular complexity index is 707. The smallest absolute Gasteiger partial charge is 0.256 e. The van der Waals surface area contributed by atoms with Crippen LogP contribution in [0.4, 0.5) is 0 Å². The normalized spacial score (nSPS) is 17.9. The molecule has 2 aromatic heterocycles. The molecule has 1 aliphatic heterocycles. The number of hydrogen-bond donors (Lipinski definition) is 1. The lowest BCUT2D eigenvalue weighted by molar-refractivity contribution is 0.0655. The molecule has 2 aromatic rings. The van der Waals surface area contributed by atoms with Crippen LogP contribution in [0.25, 0.3) is 5.82 Å². The Balaban J connectivity index is 0.00000192. The van der Waals surface area contributed by atoms with E-state index in [4.69, 9.17) is 4.52 Å². The van der Waals surface area contributed by atoms with Gasteiger partial charge in [-0.1, -0.05) is 5.16 Å². The largest absolute Gasteiger partial charge is 0.360 e. The van der Waals surface area contributed by atoms with E-state index in [-0.39, 0.29) is 24.4 Å². The van der Waals surface area contributed by atoms with Crippen molar-refractivity contribution in [1.29, 1.82) is 0 Å². The van der Waals surface area contributed by atoms with Crippen molar-refractivity contribution < 1.29 is 9.32 Å². The number of halogens is 1. The fraction of sp³-hybridized carbons (Fsp3) is 0.500. The van der Waals surface area contributed by atoms with Crippen molar-refractivity contribution in [3.63, 3.8) is 0 Å². The van der Waals surface area contributed by atoms with Gasteiger partial charge in [0.15, 0.2) is 5.82 Å². The summed E-state index contributed by atoms with van der Waals surface area (Å²) >= 11 is 0. The fourth-order valence-corrected chi connectivity index (χ4v) is 3.09. The van der Waals surface area contributed by atoms with Gasteiger partial charge in [-0.15, -0.1) is 12.4 Å². The lowest BCUT2D eigenvalue weighted by atomic mass is 10.1. The van der Waals surface area contributed by atoms with Gasteiger partial charge >= 0.3 is 0 Å². The van der Waals surface area contributed by atoms with Gasteiger partial charge in [-0.2, -0.15) is 0 Å². The van der Waals surface area contributed by atoms with Gasteiger partial charge < -0.3 is 14.7 Å². The highest BCUT2D eigenvalue weighted by Gasteiger charge is 2.27. The molecular formula is C16H23ClN4O2. The summed E-state index contributed by atoms with van der Waals surface area (Å²) in [5.74, 6) is 1.57. The minimum Gasteiger partial charge on any atom is -0.360 e. The summed E-state index contributed by atoms with van der Waals surface area (Å²) in [6.07, 6.45) is 0. The average molecular weight is 339 g/mol. The summed E-state index contributed by atoms with van der Waals surface area (Å²) in [5, 5.41) is 7.37. The molecule has 0 spiro atoms. The minimum atomic E-state index is 0. The zero-order valence-corrected chi connectivity index (χ0v) is 14.7. The number of carbonyl (C=O) groups excluding carboxylic acids is 1. The summed E-state index contributed by atoms with van der Waals surface area (Å²) in [6, 6.07) is 4.02. The van der Waals surface area contributed by atoms with E-state index in [1.165, 1.54) is 0 Å². The fourth-order valence-electron chi connectivity index (χ4n) is 3.09. The maximum Gasteiger partial charge on any atom is 0.256 e. The number of nitrogens with zero attached hydrogens (tertiary/aromatic N) is 3. The Morgan fingerprint density at radius 1 is 1.35 bits per heavy atom. The van der Waals surface area contributed by atoms with Crippen molar-refractivity contribution in [1.82, 2.24) is 19.9 Å². The van der Waals surface area contributed by atoms with Gasteiger partial charge in [-0.25, -0.2) is 0 Å². The van der Waals surface area contributed by atoms with Crippen molar-refractivity contribution in [2.75, 3.05) is 19.6 Å². The summed E-state index contributed by atoms with van der Waals surface area (Å²) in [4.78, 5) is 14.8. The molecule has 0 radical (unpaired) electrons. The quantitative estimate of drug-likeness (QED) is 0.912. The SMILES string of the molecule is Cc1cc(-n2c(C)cc(C(=O)N3CCNC[C@H]3C)c2C)no1.Cl. The van der Waals surface area contributed by atoms with Crippen LogP contribution in [0.2, 0.25) is 0 Å². The second-order valence-electron chi connectivity index (χ2n) is 5.97. The molecule has 1 fully saturated rings. The second-order valence-corrected chi connectivity index (χ2v) is 5.97. The number of piperazine rings is 1. The number of nitrogens with one attached hydrogen (secondary N) is 1. The van der Waals surface area contributed by atoms with Crippen molar-refractivity contribution in [3.05, 3.63) is 34.8 Å². The number of aryl methyl sites for hydroxylation is 2. The molecule has 0 aliphatic carbocycles. The van der Waals surface area contributed by atoms with E-state index in [1.807, 2.05) is 42.4 Å². The van der Waals surface area contributed by atoms with E-state index in [0.717, 1.165) is 48.2 Å². The van der Waals surface area contributed by atoms with Crippen LogP contribution in [0, 0.1) is 20.8 Å². The zero-order chi connectivity index (χ0) is 15.9. The van der Waals surface area contributed by atoms with Crippen molar-refractivity contribution >= 4 is 18.3 Å². The van der Waals surface area contributed by atoms with Gasteiger partial charge in [0.1, 0.15) is 5.76 Å². The molecule has 1 atom stereocenters. The molecule has 1 N–H and O–H groups in total.